The zero-order valence-corrected chi connectivity index (χ0v) is 10.7. The summed E-state index contributed by atoms with van der Waals surface area (Å²) in [5, 5.41) is 10.6. The van der Waals surface area contributed by atoms with Gasteiger partial charge in [-0.15, -0.1) is 0 Å². The van der Waals surface area contributed by atoms with Crippen LogP contribution in [0.15, 0.2) is 16.6 Å². The van der Waals surface area contributed by atoms with Crippen molar-refractivity contribution in [3.63, 3.8) is 0 Å². The standard InChI is InChI=1S/C10H11BrN2O4/c1-2-17-10(14)5-7-8(11)3-6(13(15)16)4-9(7)12/h3-4H,2,5,12H2,1H3. The van der Waals surface area contributed by atoms with E-state index in [1.807, 2.05) is 0 Å². The Morgan fingerprint density at radius 2 is 2.24 bits per heavy atom. The van der Waals surface area contributed by atoms with Crippen LogP contribution in [-0.4, -0.2) is 17.5 Å². The first-order chi connectivity index (χ1) is 7.95. The summed E-state index contributed by atoms with van der Waals surface area (Å²) in [6.45, 7) is 1.98. The number of carbonyl (C=O) groups excluding carboxylic acids is 1. The minimum atomic E-state index is -0.546. The molecule has 0 radical (unpaired) electrons. The molecule has 0 saturated carbocycles. The average Bonchev–Trinajstić information content (AvgIpc) is 2.23. The van der Waals surface area contributed by atoms with Crippen LogP contribution in [0.5, 0.6) is 0 Å². The lowest BCUT2D eigenvalue weighted by molar-refractivity contribution is -0.384. The molecule has 6 nitrogen and oxygen atoms in total. The Labute approximate surface area is 106 Å². The molecule has 2 N–H and O–H groups in total. The smallest absolute Gasteiger partial charge is 0.310 e. The molecular formula is C10H11BrN2O4. The molecule has 0 spiro atoms. The van der Waals surface area contributed by atoms with Crippen molar-refractivity contribution in [3.05, 3.63) is 32.3 Å². The van der Waals surface area contributed by atoms with Crippen molar-refractivity contribution in [1.29, 1.82) is 0 Å². The molecule has 0 amide bonds. The highest BCUT2D eigenvalue weighted by Gasteiger charge is 2.16. The van der Waals surface area contributed by atoms with Crippen LogP contribution < -0.4 is 5.73 Å². The number of hydrogen-bond acceptors (Lipinski definition) is 5. The highest BCUT2D eigenvalue weighted by atomic mass is 79.9. The predicted octanol–water partition coefficient (Wildman–Crippen LogP) is 2.05. The zero-order valence-electron chi connectivity index (χ0n) is 9.10. The second-order valence-electron chi connectivity index (χ2n) is 3.23. The van der Waals surface area contributed by atoms with Crippen LogP contribution in [0.3, 0.4) is 0 Å². The molecule has 7 heteroatoms. The summed E-state index contributed by atoms with van der Waals surface area (Å²) in [6.07, 6.45) is -0.0156. The third kappa shape index (κ3) is 3.42. The van der Waals surface area contributed by atoms with Crippen molar-refractivity contribution < 1.29 is 14.5 Å². The van der Waals surface area contributed by atoms with Crippen molar-refractivity contribution in [2.75, 3.05) is 12.3 Å². The van der Waals surface area contributed by atoms with E-state index in [9.17, 15) is 14.9 Å². The van der Waals surface area contributed by atoms with E-state index in [2.05, 4.69) is 15.9 Å². The monoisotopic (exact) mass is 302 g/mol. The molecule has 0 fully saturated rings. The molecule has 0 unspecified atom stereocenters. The number of nitro groups is 1. The van der Waals surface area contributed by atoms with Gasteiger partial charge in [-0.2, -0.15) is 0 Å². The first kappa shape index (κ1) is 13.4. The van der Waals surface area contributed by atoms with Gasteiger partial charge in [-0.3, -0.25) is 14.9 Å². The fourth-order valence-corrected chi connectivity index (χ4v) is 1.89. The van der Waals surface area contributed by atoms with Crippen molar-refractivity contribution in [3.8, 4) is 0 Å². The van der Waals surface area contributed by atoms with E-state index in [-0.39, 0.29) is 24.4 Å². The van der Waals surface area contributed by atoms with Gasteiger partial charge in [0.05, 0.1) is 18.0 Å². The number of non-ortho nitro benzene ring substituents is 1. The normalized spacial score (nSPS) is 10.0. The highest BCUT2D eigenvalue weighted by Crippen LogP contribution is 2.29. The predicted molar refractivity (Wildman–Crippen MR) is 65.5 cm³/mol. The number of nitrogens with two attached hydrogens (primary N) is 1. The molecule has 0 atom stereocenters. The van der Waals surface area contributed by atoms with Gasteiger partial charge < -0.3 is 10.5 Å². The number of ether oxygens (including phenoxy) is 1. The minimum absolute atomic E-state index is 0.0156. The third-order valence-corrected chi connectivity index (χ3v) is 2.76. The van der Waals surface area contributed by atoms with Crippen LogP contribution in [0.2, 0.25) is 0 Å². The van der Waals surface area contributed by atoms with Crippen LogP contribution in [0.25, 0.3) is 0 Å². The Hall–Kier alpha value is -1.63. The van der Waals surface area contributed by atoms with Crippen molar-refractivity contribution in [1.82, 2.24) is 0 Å². The van der Waals surface area contributed by atoms with Crippen molar-refractivity contribution in [2.45, 2.75) is 13.3 Å². The summed E-state index contributed by atoms with van der Waals surface area (Å²) in [7, 11) is 0. The number of esters is 1. The number of nitro benzene ring substituents is 1. The highest BCUT2D eigenvalue weighted by molar-refractivity contribution is 9.10. The Balaban J connectivity index is 3.01. The third-order valence-electron chi connectivity index (χ3n) is 2.05. The van der Waals surface area contributed by atoms with E-state index in [1.54, 1.807) is 6.92 Å². The Bertz CT molecular complexity index is 439. The first-order valence-corrected chi connectivity index (χ1v) is 5.63. The van der Waals surface area contributed by atoms with Gasteiger partial charge in [0, 0.05) is 27.9 Å². The lowest BCUT2D eigenvalue weighted by Crippen LogP contribution is -2.10. The number of rotatable bonds is 4. The SMILES string of the molecule is CCOC(=O)Cc1c(N)cc([N+](=O)[O-])cc1Br. The molecule has 0 heterocycles. The van der Waals surface area contributed by atoms with Gasteiger partial charge in [-0.1, -0.05) is 15.9 Å². The van der Waals surface area contributed by atoms with E-state index in [4.69, 9.17) is 10.5 Å². The van der Waals surface area contributed by atoms with Gasteiger partial charge in [0.2, 0.25) is 0 Å². The number of nitrogens with zero attached hydrogens (tertiary/aromatic N) is 1. The van der Waals surface area contributed by atoms with Crippen LogP contribution in [0.4, 0.5) is 11.4 Å². The largest absolute Gasteiger partial charge is 0.466 e. The molecule has 92 valence electrons. The van der Waals surface area contributed by atoms with Gasteiger partial charge in [0.15, 0.2) is 0 Å². The fourth-order valence-electron chi connectivity index (χ4n) is 1.29. The van der Waals surface area contributed by atoms with Crippen LogP contribution in [-0.2, 0) is 16.0 Å². The fraction of sp³-hybridized carbons (Fsp3) is 0.300. The zero-order chi connectivity index (χ0) is 13.0. The van der Waals surface area contributed by atoms with E-state index in [0.29, 0.717) is 10.0 Å². The van der Waals surface area contributed by atoms with Crippen molar-refractivity contribution in [2.24, 2.45) is 0 Å². The number of benzene rings is 1. The summed E-state index contributed by atoms with van der Waals surface area (Å²) in [4.78, 5) is 21.3. The maximum atomic E-state index is 11.3. The Kier molecular flexibility index (Phi) is 4.45. The molecule has 0 saturated heterocycles. The first-order valence-electron chi connectivity index (χ1n) is 4.83. The summed E-state index contributed by atoms with van der Waals surface area (Å²) >= 11 is 3.15. The van der Waals surface area contributed by atoms with Crippen LogP contribution in [0.1, 0.15) is 12.5 Å². The maximum Gasteiger partial charge on any atom is 0.310 e. The molecule has 1 aromatic rings. The molecule has 0 bridgehead atoms. The van der Waals surface area contributed by atoms with E-state index in [0.717, 1.165) is 0 Å². The lowest BCUT2D eigenvalue weighted by Gasteiger charge is -2.07. The molecular weight excluding hydrogens is 292 g/mol. The van der Waals surface area contributed by atoms with Crippen LogP contribution >= 0.6 is 15.9 Å². The molecule has 0 aromatic heterocycles. The lowest BCUT2D eigenvalue weighted by atomic mass is 10.1. The van der Waals surface area contributed by atoms with Crippen LogP contribution in [0, 0.1) is 10.1 Å². The van der Waals surface area contributed by atoms with Gasteiger partial charge in [0.25, 0.3) is 5.69 Å². The quantitative estimate of drug-likeness (QED) is 0.397. The molecule has 1 rings (SSSR count). The summed E-state index contributed by atoms with van der Waals surface area (Å²) in [5.41, 5.74) is 6.23. The summed E-state index contributed by atoms with van der Waals surface area (Å²) < 4.78 is 5.21. The topological polar surface area (TPSA) is 95.5 Å². The van der Waals surface area contributed by atoms with Crippen molar-refractivity contribution >= 4 is 33.3 Å². The number of nitrogen functional groups attached to an aromatic ring is 1. The van der Waals surface area contributed by atoms with Gasteiger partial charge >= 0.3 is 5.97 Å². The number of carbonyl (C=O) groups is 1. The van der Waals surface area contributed by atoms with Gasteiger partial charge in [0.1, 0.15) is 0 Å². The van der Waals surface area contributed by atoms with Gasteiger partial charge in [-0.25, -0.2) is 0 Å². The van der Waals surface area contributed by atoms with E-state index >= 15 is 0 Å². The number of halogens is 1. The number of hydrogen-bond donors (Lipinski definition) is 1. The summed E-state index contributed by atoms with van der Waals surface area (Å²) in [6, 6.07) is 2.53. The second-order valence-corrected chi connectivity index (χ2v) is 4.09. The maximum absolute atomic E-state index is 11.3. The molecule has 17 heavy (non-hydrogen) atoms. The molecule has 1 aromatic carbocycles. The van der Waals surface area contributed by atoms with E-state index < -0.39 is 10.9 Å². The number of anilines is 1. The minimum Gasteiger partial charge on any atom is -0.466 e. The Morgan fingerprint density at radius 1 is 1.59 bits per heavy atom. The molecule has 0 aliphatic rings. The summed E-state index contributed by atoms with van der Waals surface area (Å²) in [5.74, 6) is -0.422. The molecule has 0 aliphatic carbocycles. The van der Waals surface area contributed by atoms with Gasteiger partial charge in [-0.05, 0) is 6.92 Å². The van der Waals surface area contributed by atoms with E-state index in [1.165, 1.54) is 12.1 Å². The molecule has 0 aliphatic heterocycles. The Morgan fingerprint density at radius 3 is 2.71 bits per heavy atom. The average molecular weight is 303 g/mol. The second kappa shape index (κ2) is 5.62.